The standard InChI is InChI=1S/C14H11ClF3N7O/c1-7(12-20-6-21-24-12)23-9-5-22-25(13(26)11(9)15)10-3-2-8(4-19-10)14(16,17)18/h2-7,23H,1H3,(H,20,21,24). The molecule has 0 aliphatic carbocycles. The van der Waals surface area contributed by atoms with Crippen molar-refractivity contribution >= 4 is 17.3 Å². The lowest BCUT2D eigenvalue weighted by Gasteiger charge is -2.14. The van der Waals surface area contributed by atoms with Crippen molar-refractivity contribution in [2.75, 3.05) is 5.32 Å². The Labute approximate surface area is 149 Å². The molecular formula is C14H11ClF3N7O. The number of aromatic nitrogens is 6. The third-order valence-electron chi connectivity index (χ3n) is 3.43. The summed E-state index contributed by atoms with van der Waals surface area (Å²) in [5, 5.41) is 13.1. The van der Waals surface area contributed by atoms with Crippen LogP contribution in [0.25, 0.3) is 5.82 Å². The van der Waals surface area contributed by atoms with Gasteiger partial charge in [-0.15, -0.1) is 0 Å². The number of halogens is 4. The van der Waals surface area contributed by atoms with E-state index in [2.05, 4.69) is 30.6 Å². The van der Waals surface area contributed by atoms with Gasteiger partial charge in [-0.05, 0) is 19.1 Å². The van der Waals surface area contributed by atoms with E-state index in [1.54, 1.807) is 6.92 Å². The number of nitrogens with zero attached hydrogens (tertiary/aromatic N) is 5. The molecule has 0 bridgehead atoms. The monoisotopic (exact) mass is 385 g/mol. The van der Waals surface area contributed by atoms with Gasteiger partial charge in [-0.3, -0.25) is 9.89 Å². The lowest BCUT2D eigenvalue weighted by molar-refractivity contribution is -0.137. The van der Waals surface area contributed by atoms with E-state index in [1.807, 2.05) is 0 Å². The van der Waals surface area contributed by atoms with Crippen molar-refractivity contribution in [3.8, 4) is 5.82 Å². The van der Waals surface area contributed by atoms with Gasteiger partial charge in [0.25, 0.3) is 5.56 Å². The fourth-order valence-corrected chi connectivity index (χ4v) is 2.28. The van der Waals surface area contributed by atoms with Crippen molar-refractivity contribution in [1.29, 1.82) is 0 Å². The van der Waals surface area contributed by atoms with Gasteiger partial charge >= 0.3 is 6.18 Å². The highest BCUT2D eigenvalue weighted by molar-refractivity contribution is 6.32. The maximum Gasteiger partial charge on any atom is 0.417 e. The molecule has 0 saturated heterocycles. The van der Waals surface area contributed by atoms with E-state index < -0.39 is 17.3 Å². The molecule has 3 heterocycles. The Morgan fingerprint density at radius 2 is 2.04 bits per heavy atom. The predicted octanol–water partition coefficient (Wildman–Crippen LogP) is 2.59. The van der Waals surface area contributed by atoms with Crippen LogP contribution in [0.1, 0.15) is 24.4 Å². The van der Waals surface area contributed by atoms with Gasteiger partial charge < -0.3 is 5.32 Å². The molecule has 0 aromatic carbocycles. The Hall–Kier alpha value is -2.95. The summed E-state index contributed by atoms with van der Waals surface area (Å²) in [7, 11) is 0. The molecule has 0 aliphatic heterocycles. The van der Waals surface area contributed by atoms with Gasteiger partial charge in [0.05, 0.1) is 23.5 Å². The fraction of sp³-hybridized carbons (Fsp3) is 0.214. The molecular weight excluding hydrogens is 375 g/mol. The predicted molar refractivity (Wildman–Crippen MR) is 86.1 cm³/mol. The van der Waals surface area contributed by atoms with Gasteiger partial charge in [0.1, 0.15) is 17.2 Å². The number of hydrogen-bond acceptors (Lipinski definition) is 6. The minimum atomic E-state index is -4.52. The largest absolute Gasteiger partial charge is 0.417 e. The maximum absolute atomic E-state index is 12.6. The van der Waals surface area contributed by atoms with E-state index in [9.17, 15) is 18.0 Å². The summed E-state index contributed by atoms with van der Waals surface area (Å²) in [4.78, 5) is 20.0. The number of pyridine rings is 1. The summed E-state index contributed by atoms with van der Waals surface area (Å²) < 4.78 is 38.6. The van der Waals surface area contributed by atoms with Crippen LogP contribution in [0.4, 0.5) is 18.9 Å². The van der Waals surface area contributed by atoms with Crippen molar-refractivity contribution < 1.29 is 13.2 Å². The van der Waals surface area contributed by atoms with Crippen molar-refractivity contribution in [1.82, 2.24) is 29.9 Å². The zero-order chi connectivity index (χ0) is 18.9. The maximum atomic E-state index is 12.6. The number of hydrogen-bond donors (Lipinski definition) is 2. The smallest absolute Gasteiger partial charge is 0.373 e. The van der Waals surface area contributed by atoms with Crippen LogP contribution >= 0.6 is 11.6 Å². The summed E-state index contributed by atoms with van der Waals surface area (Å²) in [5.74, 6) is 0.439. The van der Waals surface area contributed by atoms with Gasteiger partial charge in [-0.2, -0.15) is 28.1 Å². The Balaban J connectivity index is 1.89. The second kappa shape index (κ2) is 6.75. The molecule has 0 radical (unpaired) electrons. The normalized spacial score (nSPS) is 12.8. The summed E-state index contributed by atoms with van der Waals surface area (Å²) in [6.45, 7) is 1.76. The van der Waals surface area contributed by atoms with Gasteiger partial charge in [0, 0.05) is 6.20 Å². The fourth-order valence-electron chi connectivity index (χ4n) is 2.10. The van der Waals surface area contributed by atoms with Crippen LogP contribution in [0.15, 0.2) is 35.6 Å². The first-order chi connectivity index (χ1) is 12.3. The van der Waals surface area contributed by atoms with Crippen molar-refractivity contribution in [3.05, 3.63) is 57.6 Å². The molecule has 3 rings (SSSR count). The first-order valence-corrected chi connectivity index (χ1v) is 7.58. The first kappa shape index (κ1) is 17.9. The number of aromatic amines is 1. The molecule has 26 heavy (non-hydrogen) atoms. The second-order valence-electron chi connectivity index (χ2n) is 5.23. The SMILES string of the molecule is CC(Nc1cnn(-c2ccc(C(F)(F)F)cn2)c(=O)c1Cl)c1ncn[nH]1. The molecule has 0 aliphatic rings. The van der Waals surface area contributed by atoms with Crippen molar-refractivity contribution in [2.24, 2.45) is 0 Å². The average Bonchev–Trinajstić information content (AvgIpc) is 3.13. The molecule has 8 nitrogen and oxygen atoms in total. The Morgan fingerprint density at radius 1 is 1.27 bits per heavy atom. The van der Waals surface area contributed by atoms with E-state index >= 15 is 0 Å². The third-order valence-corrected chi connectivity index (χ3v) is 3.79. The number of nitrogens with one attached hydrogen (secondary N) is 2. The van der Waals surface area contributed by atoms with Crippen LogP contribution in [0.5, 0.6) is 0 Å². The molecule has 2 N–H and O–H groups in total. The van der Waals surface area contributed by atoms with Gasteiger partial charge in [-0.25, -0.2) is 9.97 Å². The summed E-state index contributed by atoms with van der Waals surface area (Å²) in [5.41, 5.74) is -1.42. The molecule has 136 valence electrons. The second-order valence-corrected chi connectivity index (χ2v) is 5.61. The Bertz CT molecular complexity index is 954. The third kappa shape index (κ3) is 3.52. The van der Waals surface area contributed by atoms with E-state index in [1.165, 1.54) is 12.5 Å². The Kier molecular flexibility index (Phi) is 4.64. The van der Waals surface area contributed by atoms with E-state index in [-0.39, 0.29) is 22.6 Å². The van der Waals surface area contributed by atoms with E-state index in [0.29, 0.717) is 12.0 Å². The van der Waals surface area contributed by atoms with Crippen LogP contribution in [-0.2, 0) is 6.18 Å². The number of rotatable bonds is 4. The molecule has 0 amide bonds. The molecule has 1 unspecified atom stereocenters. The number of anilines is 1. The average molecular weight is 386 g/mol. The highest BCUT2D eigenvalue weighted by atomic mass is 35.5. The highest BCUT2D eigenvalue weighted by Crippen LogP contribution is 2.28. The molecule has 0 spiro atoms. The van der Waals surface area contributed by atoms with E-state index in [0.717, 1.165) is 16.8 Å². The molecule has 3 aromatic rings. The Morgan fingerprint density at radius 3 is 2.62 bits per heavy atom. The number of H-pyrrole nitrogens is 1. The van der Waals surface area contributed by atoms with Crippen LogP contribution < -0.4 is 10.9 Å². The minimum Gasteiger partial charge on any atom is -0.373 e. The van der Waals surface area contributed by atoms with Crippen molar-refractivity contribution in [2.45, 2.75) is 19.1 Å². The molecule has 12 heteroatoms. The zero-order valence-electron chi connectivity index (χ0n) is 13.1. The van der Waals surface area contributed by atoms with Crippen LogP contribution in [0, 0.1) is 0 Å². The highest BCUT2D eigenvalue weighted by Gasteiger charge is 2.30. The molecule has 0 saturated carbocycles. The summed E-state index contributed by atoms with van der Waals surface area (Å²) in [6.07, 6.45) is -1.29. The lowest BCUT2D eigenvalue weighted by Crippen LogP contribution is -2.24. The summed E-state index contributed by atoms with van der Waals surface area (Å²) in [6, 6.07) is 1.51. The molecule has 1 atom stereocenters. The van der Waals surface area contributed by atoms with Crippen molar-refractivity contribution in [3.63, 3.8) is 0 Å². The van der Waals surface area contributed by atoms with Crippen LogP contribution in [0.3, 0.4) is 0 Å². The first-order valence-electron chi connectivity index (χ1n) is 7.20. The summed E-state index contributed by atoms with van der Waals surface area (Å²) >= 11 is 6.07. The van der Waals surface area contributed by atoms with Gasteiger partial charge in [-0.1, -0.05) is 11.6 Å². The topological polar surface area (TPSA) is 101 Å². The van der Waals surface area contributed by atoms with Crippen LogP contribution in [0.2, 0.25) is 5.02 Å². The zero-order valence-corrected chi connectivity index (χ0v) is 13.9. The quantitative estimate of drug-likeness (QED) is 0.715. The molecule has 3 aromatic heterocycles. The molecule has 0 fully saturated rings. The minimum absolute atomic E-state index is 0.0836. The van der Waals surface area contributed by atoms with E-state index in [4.69, 9.17) is 11.6 Å². The number of alkyl halides is 3. The van der Waals surface area contributed by atoms with Gasteiger partial charge in [0.15, 0.2) is 5.82 Å². The lowest BCUT2D eigenvalue weighted by atomic mass is 10.3. The van der Waals surface area contributed by atoms with Gasteiger partial charge in [0.2, 0.25) is 0 Å². The van der Waals surface area contributed by atoms with Crippen LogP contribution in [-0.4, -0.2) is 29.9 Å².